The molecular formula is C24H29N3O3. The highest BCUT2D eigenvalue weighted by atomic mass is 16.5. The Morgan fingerprint density at radius 2 is 1.90 bits per heavy atom. The van der Waals surface area contributed by atoms with Gasteiger partial charge in [0.05, 0.1) is 0 Å². The van der Waals surface area contributed by atoms with Crippen LogP contribution in [0.4, 0.5) is 0 Å². The highest BCUT2D eigenvalue weighted by Gasteiger charge is 2.23. The van der Waals surface area contributed by atoms with Crippen LogP contribution in [0.1, 0.15) is 37.8 Å². The molecule has 0 unspecified atom stereocenters. The third kappa shape index (κ3) is 4.49. The number of pyridine rings is 1. The second-order valence-corrected chi connectivity index (χ2v) is 7.89. The van der Waals surface area contributed by atoms with E-state index in [1.54, 1.807) is 0 Å². The number of piperidine rings is 1. The first-order valence-electron chi connectivity index (χ1n) is 10.7. The number of fused-ring (bicyclic) bond motifs is 1. The topological polar surface area (TPSA) is 67.1 Å². The van der Waals surface area contributed by atoms with E-state index in [1.165, 1.54) is 5.56 Å². The Morgan fingerprint density at radius 3 is 2.63 bits per heavy atom. The van der Waals surface area contributed by atoms with E-state index in [0.717, 1.165) is 55.0 Å². The Morgan fingerprint density at radius 1 is 1.13 bits per heavy atom. The van der Waals surface area contributed by atoms with Crippen LogP contribution in [0.5, 0.6) is 5.75 Å². The van der Waals surface area contributed by atoms with Gasteiger partial charge < -0.3 is 19.1 Å². The number of aromatic nitrogens is 2. The van der Waals surface area contributed by atoms with Crippen LogP contribution in [0, 0.1) is 6.92 Å². The molecule has 6 heteroatoms. The van der Waals surface area contributed by atoms with E-state index >= 15 is 0 Å². The SMILES string of the molecule is Cc1c(-c2ccc(OC3CCN(C(=O)CCCCO)CC3)cc2)ccc2nccn12. The summed E-state index contributed by atoms with van der Waals surface area (Å²) in [5.41, 5.74) is 4.45. The summed E-state index contributed by atoms with van der Waals surface area (Å²) in [4.78, 5) is 18.5. The number of carbonyl (C=O) groups is 1. The van der Waals surface area contributed by atoms with Gasteiger partial charge in [0, 0.05) is 62.6 Å². The average molecular weight is 408 g/mol. The zero-order valence-electron chi connectivity index (χ0n) is 17.5. The van der Waals surface area contributed by atoms with E-state index in [2.05, 4.69) is 34.5 Å². The van der Waals surface area contributed by atoms with Gasteiger partial charge in [-0.1, -0.05) is 12.1 Å². The fourth-order valence-electron chi connectivity index (χ4n) is 4.11. The second-order valence-electron chi connectivity index (χ2n) is 7.89. The molecule has 0 bridgehead atoms. The van der Waals surface area contributed by atoms with Crippen molar-refractivity contribution in [3.05, 3.63) is 54.5 Å². The first kappa shape index (κ1) is 20.4. The molecule has 0 saturated carbocycles. The van der Waals surface area contributed by atoms with Gasteiger partial charge in [0.25, 0.3) is 0 Å². The summed E-state index contributed by atoms with van der Waals surface area (Å²) in [6, 6.07) is 12.4. The van der Waals surface area contributed by atoms with E-state index < -0.39 is 0 Å². The third-order valence-corrected chi connectivity index (χ3v) is 5.88. The number of aryl methyl sites for hydroxylation is 1. The molecule has 0 aliphatic carbocycles. The first-order chi connectivity index (χ1) is 14.7. The molecule has 3 heterocycles. The summed E-state index contributed by atoms with van der Waals surface area (Å²) >= 11 is 0. The number of imidazole rings is 1. The second kappa shape index (κ2) is 9.30. The monoisotopic (exact) mass is 407 g/mol. The van der Waals surface area contributed by atoms with Crippen LogP contribution >= 0.6 is 0 Å². The number of rotatable bonds is 7. The van der Waals surface area contributed by atoms with Crippen LogP contribution in [0.2, 0.25) is 0 Å². The molecule has 30 heavy (non-hydrogen) atoms. The van der Waals surface area contributed by atoms with Crippen molar-refractivity contribution in [3.8, 4) is 16.9 Å². The summed E-state index contributed by atoms with van der Waals surface area (Å²) in [5.74, 6) is 1.06. The lowest BCUT2D eigenvalue weighted by molar-refractivity contribution is -0.133. The molecule has 1 aliphatic heterocycles. The smallest absolute Gasteiger partial charge is 0.222 e. The number of benzene rings is 1. The lowest BCUT2D eigenvalue weighted by Gasteiger charge is -2.32. The van der Waals surface area contributed by atoms with Crippen LogP contribution in [0.3, 0.4) is 0 Å². The minimum atomic E-state index is 0.140. The van der Waals surface area contributed by atoms with Gasteiger partial charge in [-0.05, 0) is 49.6 Å². The normalized spacial score (nSPS) is 14.9. The van der Waals surface area contributed by atoms with Crippen molar-refractivity contribution >= 4 is 11.6 Å². The predicted molar refractivity (Wildman–Crippen MR) is 117 cm³/mol. The lowest BCUT2D eigenvalue weighted by atomic mass is 10.0. The Bertz CT molecular complexity index is 989. The van der Waals surface area contributed by atoms with Crippen LogP contribution in [-0.2, 0) is 4.79 Å². The van der Waals surface area contributed by atoms with Gasteiger partial charge in [-0.25, -0.2) is 4.98 Å². The summed E-state index contributed by atoms with van der Waals surface area (Å²) in [6.45, 7) is 3.74. The van der Waals surface area contributed by atoms with Crippen molar-refractivity contribution in [2.75, 3.05) is 19.7 Å². The van der Waals surface area contributed by atoms with Crippen molar-refractivity contribution in [1.29, 1.82) is 0 Å². The zero-order valence-corrected chi connectivity index (χ0v) is 17.5. The van der Waals surface area contributed by atoms with E-state index in [9.17, 15) is 4.79 Å². The first-order valence-corrected chi connectivity index (χ1v) is 10.7. The van der Waals surface area contributed by atoms with Crippen molar-refractivity contribution in [2.45, 2.75) is 45.1 Å². The highest BCUT2D eigenvalue weighted by molar-refractivity contribution is 5.76. The summed E-state index contributed by atoms with van der Waals surface area (Å²) in [5, 5.41) is 8.85. The number of amides is 1. The Labute approximate surface area is 177 Å². The maximum absolute atomic E-state index is 12.2. The number of ether oxygens (including phenoxy) is 1. The quantitative estimate of drug-likeness (QED) is 0.604. The molecular weight excluding hydrogens is 378 g/mol. The number of nitrogens with zero attached hydrogens (tertiary/aromatic N) is 3. The van der Waals surface area contributed by atoms with Gasteiger partial charge >= 0.3 is 0 Å². The molecule has 0 atom stereocenters. The number of aliphatic hydroxyl groups is 1. The molecule has 3 aromatic rings. The maximum atomic E-state index is 12.2. The van der Waals surface area contributed by atoms with E-state index in [0.29, 0.717) is 12.8 Å². The molecule has 6 nitrogen and oxygen atoms in total. The number of carbonyl (C=O) groups excluding carboxylic acids is 1. The van der Waals surface area contributed by atoms with Crippen molar-refractivity contribution in [1.82, 2.24) is 14.3 Å². The molecule has 1 fully saturated rings. The Balaban J connectivity index is 1.33. The van der Waals surface area contributed by atoms with Crippen LogP contribution in [-0.4, -0.2) is 51.1 Å². The molecule has 0 radical (unpaired) electrons. The minimum Gasteiger partial charge on any atom is -0.490 e. The number of likely N-dealkylation sites (tertiary alicyclic amines) is 1. The van der Waals surface area contributed by atoms with Crippen LogP contribution in [0.25, 0.3) is 16.8 Å². The van der Waals surface area contributed by atoms with Crippen molar-refractivity contribution in [2.24, 2.45) is 0 Å². The van der Waals surface area contributed by atoms with Crippen molar-refractivity contribution < 1.29 is 14.6 Å². The van der Waals surface area contributed by atoms with E-state index in [1.807, 2.05) is 35.5 Å². The van der Waals surface area contributed by atoms with Gasteiger partial charge in [-0.3, -0.25) is 4.79 Å². The molecule has 1 amide bonds. The maximum Gasteiger partial charge on any atom is 0.222 e. The van der Waals surface area contributed by atoms with E-state index in [-0.39, 0.29) is 18.6 Å². The molecule has 2 aromatic heterocycles. The summed E-state index contributed by atoms with van der Waals surface area (Å²) in [7, 11) is 0. The number of hydrogen-bond acceptors (Lipinski definition) is 4. The zero-order chi connectivity index (χ0) is 20.9. The average Bonchev–Trinajstić information content (AvgIpc) is 3.25. The molecule has 4 rings (SSSR count). The lowest BCUT2D eigenvalue weighted by Crippen LogP contribution is -2.41. The third-order valence-electron chi connectivity index (χ3n) is 5.88. The van der Waals surface area contributed by atoms with Gasteiger partial charge in [-0.2, -0.15) is 0 Å². The highest BCUT2D eigenvalue weighted by Crippen LogP contribution is 2.27. The molecule has 1 saturated heterocycles. The van der Waals surface area contributed by atoms with Gasteiger partial charge in [0.1, 0.15) is 17.5 Å². The van der Waals surface area contributed by atoms with Gasteiger partial charge in [0.15, 0.2) is 0 Å². The van der Waals surface area contributed by atoms with Gasteiger partial charge in [0.2, 0.25) is 5.91 Å². The predicted octanol–water partition coefficient (Wildman–Crippen LogP) is 3.84. The Hall–Kier alpha value is -2.86. The number of unbranched alkanes of at least 4 members (excludes halogenated alkanes) is 1. The fraction of sp³-hybridized carbons (Fsp3) is 0.417. The van der Waals surface area contributed by atoms with E-state index in [4.69, 9.17) is 9.84 Å². The molecule has 158 valence electrons. The Kier molecular flexibility index (Phi) is 6.33. The van der Waals surface area contributed by atoms with Gasteiger partial charge in [-0.15, -0.1) is 0 Å². The van der Waals surface area contributed by atoms with Crippen molar-refractivity contribution in [3.63, 3.8) is 0 Å². The number of hydrogen-bond donors (Lipinski definition) is 1. The molecule has 1 aromatic carbocycles. The minimum absolute atomic E-state index is 0.140. The van der Waals surface area contributed by atoms with Crippen LogP contribution in [0.15, 0.2) is 48.8 Å². The molecule has 1 N–H and O–H groups in total. The standard InChI is InChI=1S/C24H29N3O3/c1-18-22(9-10-23-25-13-16-27(18)23)19-5-7-20(8-6-19)30-21-11-14-26(15-12-21)24(29)4-2-3-17-28/h5-10,13,16,21,28H,2-4,11-12,14-15,17H2,1H3. The molecule has 0 spiro atoms. The largest absolute Gasteiger partial charge is 0.490 e. The summed E-state index contributed by atoms with van der Waals surface area (Å²) in [6.07, 6.45) is 7.61. The summed E-state index contributed by atoms with van der Waals surface area (Å²) < 4.78 is 8.27. The molecule has 1 aliphatic rings. The fourth-order valence-corrected chi connectivity index (χ4v) is 4.11. The van der Waals surface area contributed by atoms with Crippen LogP contribution < -0.4 is 4.74 Å². The number of aliphatic hydroxyl groups excluding tert-OH is 1.